The second-order valence-corrected chi connectivity index (χ2v) is 2.83. The van der Waals surface area contributed by atoms with Gasteiger partial charge in [0.05, 0.1) is 0 Å². The molecule has 0 aliphatic carbocycles. The van der Waals surface area contributed by atoms with Gasteiger partial charge in [0.1, 0.15) is 0 Å². The van der Waals surface area contributed by atoms with E-state index in [1.807, 2.05) is 6.08 Å². The third kappa shape index (κ3) is 1.33. The Balaban J connectivity index is 2.25. The van der Waals surface area contributed by atoms with E-state index in [1.54, 1.807) is 0 Å². The van der Waals surface area contributed by atoms with Crippen molar-refractivity contribution in [1.29, 1.82) is 0 Å². The van der Waals surface area contributed by atoms with Crippen LogP contribution in [-0.2, 0) is 0 Å². The second-order valence-electron chi connectivity index (χ2n) is 2.83. The van der Waals surface area contributed by atoms with Crippen LogP contribution >= 0.6 is 0 Å². The van der Waals surface area contributed by atoms with Crippen LogP contribution in [0.25, 0.3) is 6.08 Å². The lowest BCUT2D eigenvalue weighted by Crippen LogP contribution is -1.82. The molecule has 1 aromatic rings. The number of rotatable bonds is 2. The Morgan fingerprint density at radius 2 is 2.00 bits per heavy atom. The topological polar surface area (TPSA) is 21.9 Å². The molecular weight excluding hydrogens is 134 g/mol. The van der Waals surface area contributed by atoms with Gasteiger partial charge in [-0.2, -0.15) is 0 Å². The molecule has 0 amide bonds. The molecule has 0 aromatic heterocycles. The van der Waals surface area contributed by atoms with Crippen LogP contribution < -0.4 is 5.32 Å². The largest absolute Gasteiger partial charge is 0.307 e. The van der Waals surface area contributed by atoms with E-state index in [2.05, 4.69) is 36.2 Å². The molecule has 1 aliphatic heterocycles. The summed E-state index contributed by atoms with van der Waals surface area (Å²) in [6, 6.07) is 9.13. The molecule has 0 saturated carbocycles. The van der Waals surface area contributed by atoms with E-state index in [1.165, 1.54) is 11.1 Å². The van der Waals surface area contributed by atoms with Crippen LogP contribution in [-0.4, -0.2) is 6.54 Å². The van der Waals surface area contributed by atoms with Gasteiger partial charge in [0, 0.05) is 12.6 Å². The van der Waals surface area contributed by atoms with Crippen molar-refractivity contribution in [2.75, 3.05) is 6.54 Å². The predicted molar refractivity (Wildman–Crippen MR) is 47.3 cm³/mol. The molecule has 0 spiro atoms. The summed E-state index contributed by atoms with van der Waals surface area (Å²) in [5, 5.41) is 3.26. The van der Waals surface area contributed by atoms with Gasteiger partial charge in [-0.05, 0) is 11.1 Å². The zero-order chi connectivity index (χ0) is 7.68. The van der Waals surface area contributed by atoms with Crippen LogP contribution in [0.15, 0.2) is 30.8 Å². The maximum Gasteiger partial charge on any atom is 0.0447 e. The smallest absolute Gasteiger partial charge is 0.0447 e. The lowest BCUT2D eigenvalue weighted by molar-refractivity contribution is 1.08. The van der Waals surface area contributed by atoms with Crippen molar-refractivity contribution < 1.29 is 0 Å². The van der Waals surface area contributed by atoms with Gasteiger partial charge >= 0.3 is 0 Å². The first-order valence-corrected chi connectivity index (χ1v) is 3.86. The first kappa shape index (κ1) is 6.62. The van der Waals surface area contributed by atoms with Gasteiger partial charge in [0.25, 0.3) is 0 Å². The average Bonchev–Trinajstić information content (AvgIpc) is 2.87. The van der Waals surface area contributed by atoms with Gasteiger partial charge in [-0.25, -0.2) is 0 Å². The number of nitrogens with one attached hydrogen (secondary N) is 1. The Bertz CT molecular complexity index is 257. The van der Waals surface area contributed by atoms with E-state index in [-0.39, 0.29) is 0 Å². The van der Waals surface area contributed by atoms with Crippen molar-refractivity contribution in [3.63, 3.8) is 0 Å². The summed E-state index contributed by atoms with van der Waals surface area (Å²) in [5.41, 5.74) is 2.57. The van der Waals surface area contributed by atoms with Crippen molar-refractivity contribution >= 4 is 6.08 Å². The lowest BCUT2D eigenvalue weighted by Gasteiger charge is -1.96. The Morgan fingerprint density at radius 1 is 1.36 bits per heavy atom. The first-order chi connectivity index (χ1) is 5.40. The summed E-state index contributed by atoms with van der Waals surface area (Å²) in [7, 11) is 0. The van der Waals surface area contributed by atoms with Crippen molar-refractivity contribution in [3.8, 4) is 0 Å². The highest BCUT2D eigenvalue weighted by molar-refractivity contribution is 5.47. The monoisotopic (exact) mass is 145 g/mol. The molecule has 1 heterocycles. The van der Waals surface area contributed by atoms with Gasteiger partial charge in [-0.3, -0.25) is 0 Å². The zero-order valence-electron chi connectivity index (χ0n) is 6.38. The van der Waals surface area contributed by atoms with Crippen molar-refractivity contribution in [2.24, 2.45) is 0 Å². The summed E-state index contributed by atoms with van der Waals surface area (Å²) in [4.78, 5) is 0. The van der Waals surface area contributed by atoms with Crippen molar-refractivity contribution in [3.05, 3.63) is 42.0 Å². The Labute approximate surface area is 66.7 Å². The van der Waals surface area contributed by atoms with E-state index in [9.17, 15) is 0 Å². The highest BCUT2D eigenvalue weighted by Gasteiger charge is 2.21. The molecule has 56 valence electrons. The SMILES string of the molecule is C=Cc1ccc(C2CN2)cc1. The molecule has 0 radical (unpaired) electrons. The minimum Gasteiger partial charge on any atom is -0.307 e. The van der Waals surface area contributed by atoms with Gasteiger partial charge in [-0.1, -0.05) is 36.9 Å². The molecule has 1 heteroatoms. The Morgan fingerprint density at radius 3 is 2.45 bits per heavy atom. The maximum atomic E-state index is 3.71. The van der Waals surface area contributed by atoms with Crippen molar-refractivity contribution in [2.45, 2.75) is 6.04 Å². The fourth-order valence-electron chi connectivity index (χ4n) is 1.16. The molecule has 1 fully saturated rings. The molecule has 1 N–H and O–H groups in total. The minimum absolute atomic E-state index is 0.619. The summed E-state index contributed by atoms with van der Waals surface area (Å²) in [6.45, 7) is 4.84. The summed E-state index contributed by atoms with van der Waals surface area (Å²) < 4.78 is 0. The number of hydrogen-bond acceptors (Lipinski definition) is 1. The van der Waals surface area contributed by atoms with E-state index < -0.39 is 0 Å². The summed E-state index contributed by atoms with van der Waals surface area (Å²) >= 11 is 0. The van der Waals surface area contributed by atoms with Crippen LogP contribution in [0.1, 0.15) is 17.2 Å². The lowest BCUT2D eigenvalue weighted by atomic mass is 10.1. The number of benzene rings is 1. The van der Waals surface area contributed by atoms with Gasteiger partial charge < -0.3 is 5.32 Å². The van der Waals surface area contributed by atoms with Crippen LogP contribution in [0.3, 0.4) is 0 Å². The minimum atomic E-state index is 0.619. The second kappa shape index (κ2) is 2.51. The van der Waals surface area contributed by atoms with Crippen LogP contribution in [0.2, 0.25) is 0 Å². The van der Waals surface area contributed by atoms with Gasteiger partial charge in [0.15, 0.2) is 0 Å². The fourth-order valence-corrected chi connectivity index (χ4v) is 1.16. The van der Waals surface area contributed by atoms with Crippen LogP contribution in [0.5, 0.6) is 0 Å². The van der Waals surface area contributed by atoms with E-state index in [0.717, 1.165) is 6.54 Å². The molecule has 1 saturated heterocycles. The maximum absolute atomic E-state index is 3.71. The molecule has 11 heavy (non-hydrogen) atoms. The third-order valence-electron chi connectivity index (χ3n) is 1.98. The predicted octanol–water partition coefficient (Wildman–Crippen LogP) is 1.97. The fraction of sp³-hybridized carbons (Fsp3) is 0.200. The van der Waals surface area contributed by atoms with E-state index >= 15 is 0 Å². The zero-order valence-corrected chi connectivity index (χ0v) is 6.38. The van der Waals surface area contributed by atoms with E-state index in [0.29, 0.717) is 6.04 Å². The molecule has 1 atom stereocenters. The molecule has 1 aromatic carbocycles. The van der Waals surface area contributed by atoms with Crippen LogP contribution in [0, 0.1) is 0 Å². The normalized spacial score (nSPS) is 21.3. The summed E-state index contributed by atoms with van der Waals surface area (Å²) in [5.74, 6) is 0. The quantitative estimate of drug-likeness (QED) is 0.631. The van der Waals surface area contributed by atoms with Gasteiger partial charge in [0.2, 0.25) is 0 Å². The molecule has 1 unspecified atom stereocenters. The van der Waals surface area contributed by atoms with Crippen LogP contribution in [0.4, 0.5) is 0 Å². The Hall–Kier alpha value is -1.08. The molecule has 2 rings (SSSR count). The highest BCUT2D eigenvalue weighted by atomic mass is 15.1. The third-order valence-corrected chi connectivity index (χ3v) is 1.98. The average molecular weight is 145 g/mol. The molecular formula is C10H11N. The first-order valence-electron chi connectivity index (χ1n) is 3.86. The molecule has 0 bridgehead atoms. The Kier molecular flexibility index (Phi) is 1.51. The van der Waals surface area contributed by atoms with Crippen molar-refractivity contribution in [1.82, 2.24) is 5.32 Å². The highest BCUT2D eigenvalue weighted by Crippen LogP contribution is 2.21. The molecule has 1 aliphatic rings. The molecule has 1 nitrogen and oxygen atoms in total. The van der Waals surface area contributed by atoms with Gasteiger partial charge in [-0.15, -0.1) is 0 Å². The standard InChI is InChI=1S/C10H11N/c1-2-8-3-5-9(6-4-8)10-7-11-10/h2-6,10-11H,1,7H2. The van der Waals surface area contributed by atoms with E-state index in [4.69, 9.17) is 0 Å². The number of hydrogen-bond donors (Lipinski definition) is 1. The summed E-state index contributed by atoms with van der Waals surface area (Å²) in [6.07, 6.45) is 1.87.